The van der Waals surface area contributed by atoms with Gasteiger partial charge in [0, 0.05) is 0 Å². The fourth-order valence-electron chi connectivity index (χ4n) is 0. The minimum atomic E-state index is -0.381. The van der Waals surface area contributed by atoms with E-state index in [2.05, 4.69) is 22.5 Å². The van der Waals surface area contributed by atoms with E-state index < -0.39 is 0 Å². The van der Waals surface area contributed by atoms with Crippen LogP contribution in [0.3, 0.4) is 0 Å². The fraction of sp³-hybridized carbons (Fsp3) is 0.500. The summed E-state index contributed by atoms with van der Waals surface area (Å²) in [4.78, 5) is 9.51. The van der Waals surface area contributed by atoms with Gasteiger partial charge in [-0.15, -0.1) is 0 Å². The van der Waals surface area contributed by atoms with Gasteiger partial charge < -0.3 is 9.85 Å². The first-order valence-corrected chi connectivity index (χ1v) is 4.24. The van der Waals surface area contributed by atoms with Crippen LogP contribution in [0.25, 0.3) is 0 Å². The third kappa shape index (κ3) is 34.5. The zero-order chi connectivity index (χ0) is 6.99. The molecule has 50 valence electrons. The standard InChI is InChI=1S/C2H5NOS.H6OSi2/c3-2(4)1-5;2-1-3/h5H,1H2,(H2,3,4);2-3H3. The quantitative estimate of drug-likeness (QED) is 0.324. The van der Waals surface area contributed by atoms with Gasteiger partial charge in [0.15, 0.2) is 0 Å². The van der Waals surface area contributed by atoms with Crippen molar-refractivity contribution in [3.8, 4) is 0 Å². The Kier molecular flexibility index (Phi) is 14.2. The normalized spacial score (nSPS) is 7.62. The molecule has 0 rings (SSSR count). The number of thiol groups is 1. The third-order valence-electron chi connectivity index (χ3n) is 0.156. The van der Waals surface area contributed by atoms with Crippen LogP contribution >= 0.6 is 12.6 Å². The fourth-order valence-corrected chi connectivity index (χ4v) is 0. The Bertz CT molecular complexity index is 62.0. The van der Waals surface area contributed by atoms with E-state index >= 15 is 0 Å². The summed E-state index contributed by atoms with van der Waals surface area (Å²) >= 11 is 3.54. The van der Waals surface area contributed by atoms with E-state index in [1.807, 2.05) is 0 Å². The van der Waals surface area contributed by atoms with Crippen LogP contribution in [-0.2, 0) is 8.91 Å². The van der Waals surface area contributed by atoms with E-state index in [1.165, 1.54) is 0 Å². The van der Waals surface area contributed by atoms with E-state index in [1.54, 1.807) is 0 Å². The minimum Gasteiger partial charge on any atom is -0.471 e. The van der Waals surface area contributed by atoms with Gasteiger partial charge in [0.2, 0.25) is 5.91 Å². The number of nitrogens with two attached hydrogens (primary N) is 1. The molecule has 0 saturated heterocycles. The zero-order valence-electron chi connectivity index (χ0n) is 5.05. The first kappa shape index (κ1) is 11.1. The largest absolute Gasteiger partial charge is 0.471 e. The van der Waals surface area contributed by atoms with E-state index in [9.17, 15) is 4.79 Å². The smallest absolute Gasteiger partial charge is 0.227 e. The first-order chi connectivity index (χ1) is 3.68. The average molecular weight is 169 g/mol. The molecule has 8 heavy (non-hydrogen) atoms. The maximum absolute atomic E-state index is 9.51. The van der Waals surface area contributed by atoms with Crippen LogP contribution in [0, 0.1) is 0 Å². The van der Waals surface area contributed by atoms with Gasteiger partial charge in [0.1, 0.15) is 21.0 Å². The molecule has 0 aromatic heterocycles. The van der Waals surface area contributed by atoms with Crippen LogP contribution in [0.4, 0.5) is 0 Å². The van der Waals surface area contributed by atoms with Crippen LogP contribution in [0.1, 0.15) is 0 Å². The van der Waals surface area contributed by atoms with Gasteiger partial charge in [-0.1, -0.05) is 0 Å². The topological polar surface area (TPSA) is 52.3 Å². The Morgan fingerprint density at radius 1 is 1.75 bits per heavy atom. The van der Waals surface area contributed by atoms with Crippen molar-refractivity contribution in [3.63, 3.8) is 0 Å². The predicted molar refractivity (Wildman–Crippen MR) is 44.0 cm³/mol. The summed E-state index contributed by atoms with van der Waals surface area (Å²) in [6.07, 6.45) is 0. The van der Waals surface area contributed by atoms with Crippen molar-refractivity contribution >= 4 is 39.5 Å². The summed E-state index contributed by atoms with van der Waals surface area (Å²) in [6, 6.07) is 0. The molecular weight excluding hydrogens is 158 g/mol. The van der Waals surface area contributed by atoms with E-state index in [-0.39, 0.29) is 11.7 Å². The molecule has 0 aromatic carbocycles. The molecule has 0 spiro atoms. The highest BCUT2D eigenvalue weighted by Crippen LogP contribution is 1.63. The summed E-state index contributed by atoms with van der Waals surface area (Å²) in [6.45, 7) is 0. The van der Waals surface area contributed by atoms with Crippen molar-refractivity contribution < 1.29 is 8.91 Å². The Morgan fingerprint density at radius 3 is 1.88 bits per heavy atom. The lowest BCUT2D eigenvalue weighted by Crippen LogP contribution is -2.10. The SMILES string of the molecule is NC(=O)CS.[SiH3]O[SiH3]. The van der Waals surface area contributed by atoms with Crippen LogP contribution in [0.2, 0.25) is 0 Å². The van der Waals surface area contributed by atoms with E-state index in [0.717, 1.165) is 21.0 Å². The number of carbonyl (C=O) groups excluding carboxylic acids is 1. The molecule has 6 heteroatoms. The molecule has 0 aromatic rings. The van der Waals surface area contributed by atoms with Crippen LogP contribution in [-0.4, -0.2) is 32.6 Å². The minimum absolute atomic E-state index is 0.139. The van der Waals surface area contributed by atoms with Crippen molar-refractivity contribution in [2.75, 3.05) is 5.75 Å². The predicted octanol–water partition coefficient (Wildman–Crippen LogP) is -3.03. The number of hydrogen-bond acceptors (Lipinski definition) is 3. The van der Waals surface area contributed by atoms with Gasteiger partial charge in [0.05, 0.1) is 5.75 Å². The van der Waals surface area contributed by atoms with E-state index in [0.29, 0.717) is 0 Å². The number of amides is 1. The molecule has 0 aliphatic carbocycles. The monoisotopic (exact) mass is 169 g/mol. The maximum Gasteiger partial charge on any atom is 0.227 e. The van der Waals surface area contributed by atoms with Crippen molar-refractivity contribution in [1.82, 2.24) is 0 Å². The first-order valence-electron chi connectivity index (χ1n) is 1.98. The van der Waals surface area contributed by atoms with Crippen LogP contribution in [0.5, 0.6) is 0 Å². The van der Waals surface area contributed by atoms with Crippen LogP contribution < -0.4 is 5.73 Å². The molecule has 0 bridgehead atoms. The van der Waals surface area contributed by atoms with Crippen LogP contribution in [0.15, 0.2) is 0 Å². The molecule has 0 aliphatic heterocycles. The molecule has 1 amide bonds. The Balaban J connectivity index is 0. The molecule has 2 N–H and O–H groups in total. The Hall–Kier alpha value is 0.214. The molecule has 3 nitrogen and oxygen atoms in total. The third-order valence-corrected chi connectivity index (χ3v) is 0.468. The molecular formula is C2H11NO2SSi2. The van der Waals surface area contributed by atoms with Crippen molar-refractivity contribution in [3.05, 3.63) is 0 Å². The van der Waals surface area contributed by atoms with Gasteiger partial charge >= 0.3 is 0 Å². The summed E-state index contributed by atoms with van der Waals surface area (Å²) < 4.78 is 4.53. The summed E-state index contributed by atoms with van der Waals surface area (Å²) in [5.41, 5.74) is 4.58. The van der Waals surface area contributed by atoms with Gasteiger partial charge in [-0.05, 0) is 0 Å². The summed E-state index contributed by atoms with van der Waals surface area (Å²) in [7, 11) is 1.86. The second-order valence-electron chi connectivity index (χ2n) is 1.03. The summed E-state index contributed by atoms with van der Waals surface area (Å²) in [5, 5.41) is 0. The number of rotatable bonds is 1. The molecule has 0 heterocycles. The molecule has 0 atom stereocenters. The Labute approximate surface area is 60.5 Å². The molecule has 0 radical (unpaired) electrons. The number of hydrogen-bond donors (Lipinski definition) is 2. The highest BCUT2D eigenvalue weighted by atomic mass is 32.1. The van der Waals surface area contributed by atoms with Crippen molar-refractivity contribution in [1.29, 1.82) is 0 Å². The van der Waals surface area contributed by atoms with Crippen molar-refractivity contribution in [2.45, 2.75) is 0 Å². The average Bonchev–Trinajstić information content (AvgIpc) is 1.69. The van der Waals surface area contributed by atoms with E-state index in [4.69, 9.17) is 0 Å². The summed E-state index contributed by atoms with van der Waals surface area (Å²) in [5.74, 6) is -0.242. The van der Waals surface area contributed by atoms with Gasteiger partial charge in [-0.25, -0.2) is 0 Å². The molecule has 0 fully saturated rings. The lowest BCUT2D eigenvalue weighted by atomic mass is 10.8. The zero-order valence-corrected chi connectivity index (χ0v) is 9.94. The lowest BCUT2D eigenvalue weighted by molar-refractivity contribution is -0.115. The van der Waals surface area contributed by atoms with Gasteiger partial charge in [0.25, 0.3) is 0 Å². The van der Waals surface area contributed by atoms with Crippen molar-refractivity contribution in [2.24, 2.45) is 5.73 Å². The second kappa shape index (κ2) is 10.2. The number of primary amides is 1. The maximum atomic E-state index is 9.51. The Morgan fingerprint density at radius 2 is 1.88 bits per heavy atom. The molecule has 0 aliphatic rings. The molecule has 0 saturated carbocycles. The van der Waals surface area contributed by atoms with Gasteiger partial charge in [-0.3, -0.25) is 4.79 Å². The second-order valence-corrected chi connectivity index (χ2v) is 4.61. The highest BCUT2D eigenvalue weighted by molar-refractivity contribution is 7.81. The number of carbonyl (C=O) groups is 1. The highest BCUT2D eigenvalue weighted by Gasteiger charge is 1.78. The van der Waals surface area contributed by atoms with Gasteiger partial charge in [-0.2, -0.15) is 12.6 Å². The lowest BCUT2D eigenvalue weighted by Gasteiger charge is -1.72. The molecule has 0 unspecified atom stereocenters.